The van der Waals surface area contributed by atoms with Crippen LogP contribution in [-0.4, -0.2) is 6.54 Å². The molecule has 0 radical (unpaired) electrons. The second-order valence-corrected chi connectivity index (χ2v) is 4.77. The number of unbranched alkanes of at least 4 members (excludes halogenated alkanes) is 1. The van der Waals surface area contributed by atoms with E-state index in [2.05, 4.69) is 62.2 Å². The van der Waals surface area contributed by atoms with E-state index >= 15 is 0 Å². The molecule has 0 aliphatic carbocycles. The summed E-state index contributed by atoms with van der Waals surface area (Å²) >= 11 is 0. The third-order valence-electron chi connectivity index (χ3n) is 2.95. The van der Waals surface area contributed by atoms with E-state index in [-0.39, 0.29) is 0 Å². The molecule has 0 fully saturated rings. The lowest BCUT2D eigenvalue weighted by Gasteiger charge is -2.07. The number of benzene rings is 1. The van der Waals surface area contributed by atoms with Crippen LogP contribution in [0.3, 0.4) is 0 Å². The summed E-state index contributed by atoms with van der Waals surface area (Å²) in [4.78, 5) is 0. The van der Waals surface area contributed by atoms with Gasteiger partial charge >= 0.3 is 0 Å². The zero-order valence-electron chi connectivity index (χ0n) is 12.4. The van der Waals surface area contributed by atoms with Crippen LogP contribution in [0.25, 0.3) is 5.57 Å². The molecule has 0 saturated heterocycles. The van der Waals surface area contributed by atoms with Gasteiger partial charge in [0.2, 0.25) is 0 Å². The van der Waals surface area contributed by atoms with Gasteiger partial charge in [0.05, 0.1) is 0 Å². The standard InChI is InChI=1S/C18H25N/c1-5-7-13-19-18-11-9-17(10-12-18)16(4)14-15(3)8-6-2/h6,8-12,14,19H,4-5,7,13H2,1-3H3/b8-6+,15-14-. The Bertz CT molecular complexity index is 449. The molecular formula is C18H25N. The molecule has 0 spiro atoms. The Hall–Kier alpha value is -1.76. The van der Waals surface area contributed by atoms with Crippen molar-refractivity contribution in [3.63, 3.8) is 0 Å². The van der Waals surface area contributed by atoms with Gasteiger partial charge in [0, 0.05) is 12.2 Å². The molecule has 0 heterocycles. The van der Waals surface area contributed by atoms with Gasteiger partial charge in [-0.3, -0.25) is 0 Å². The van der Waals surface area contributed by atoms with E-state index in [9.17, 15) is 0 Å². The van der Waals surface area contributed by atoms with Crippen LogP contribution in [0.5, 0.6) is 0 Å². The number of allylic oxidation sites excluding steroid dienone is 5. The van der Waals surface area contributed by atoms with Crippen molar-refractivity contribution in [2.75, 3.05) is 11.9 Å². The summed E-state index contributed by atoms with van der Waals surface area (Å²) in [5, 5.41) is 3.42. The van der Waals surface area contributed by atoms with Gasteiger partial charge in [-0.15, -0.1) is 0 Å². The zero-order valence-corrected chi connectivity index (χ0v) is 12.4. The first-order valence-corrected chi connectivity index (χ1v) is 7.01. The third kappa shape index (κ3) is 5.60. The SMILES string of the molecule is C=C(/C=C(C)\C=C\C)c1ccc(NCCCC)cc1. The molecule has 1 nitrogen and oxygen atoms in total. The first-order chi connectivity index (χ1) is 9.17. The first-order valence-electron chi connectivity index (χ1n) is 7.01. The fraction of sp³-hybridized carbons (Fsp3) is 0.333. The van der Waals surface area contributed by atoms with Gasteiger partial charge in [-0.1, -0.05) is 55.9 Å². The molecule has 0 atom stereocenters. The molecule has 102 valence electrons. The van der Waals surface area contributed by atoms with E-state index in [0.29, 0.717) is 0 Å². The largest absolute Gasteiger partial charge is 0.385 e. The van der Waals surface area contributed by atoms with Crippen molar-refractivity contribution in [1.29, 1.82) is 0 Å². The van der Waals surface area contributed by atoms with Gasteiger partial charge in [0.15, 0.2) is 0 Å². The van der Waals surface area contributed by atoms with E-state index in [1.807, 2.05) is 13.0 Å². The van der Waals surface area contributed by atoms with Gasteiger partial charge < -0.3 is 5.32 Å². The fourth-order valence-electron chi connectivity index (χ4n) is 1.88. The highest BCUT2D eigenvalue weighted by atomic mass is 14.9. The van der Waals surface area contributed by atoms with Crippen molar-refractivity contribution in [3.05, 3.63) is 60.2 Å². The van der Waals surface area contributed by atoms with Crippen LogP contribution in [0.4, 0.5) is 5.69 Å². The predicted molar refractivity (Wildman–Crippen MR) is 87.4 cm³/mol. The molecule has 1 rings (SSSR count). The summed E-state index contributed by atoms with van der Waals surface area (Å²) in [6, 6.07) is 8.48. The van der Waals surface area contributed by atoms with Crippen molar-refractivity contribution in [2.24, 2.45) is 0 Å². The van der Waals surface area contributed by atoms with Gasteiger partial charge in [0.1, 0.15) is 0 Å². The molecule has 0 unspecified atom stereocenters. The van der Waals surface area contributed by atoms with Gasteiger partial charge in [-0.2, -0.15) is 0 Å². The van der Waals surface area contributed by atoms with Crippen LogP contribution < -0.4 is 5.32 Å². The van der Waals surface area contributed by atoms with E-state index in [0.717, 1.165) is 12.1 Å². The van der Waals surface area contributed by atoms with Crippen LogP contribution in [-0.2, 0) is 0 Å². The average Bonchev–Trinajstić information content (AvgIpc) is 2.40. The molecule has 0 amide bonds. The molecule has 1 aromatic carbocycles. The number of hydrogen-bond donors (Lipinski definition) is 1. The lowest BCUT2D eigenvalue weighted by Crippen LogP contribution is -2.00. The molecule has 19 heavy (non-hydrogen) atoms. The summed E-state index contributed by atoms with van der Waals surface area (Å²) in [6.45, 7) is 11.5. The summed E-state index contributed by atoms with van der Waals surface area (Å²) in [5.74, 6) is 0. The highest BCUT2D eigenvalue weighted by Gasteiger charge is 1.97. The van der Waals surface area contributed by atoms with Gasteiger partial charge in [-0.25, -0.2) is 0 Å². The molecule has 0 aliphatic heterocycles. The van der Waals surface area contributed by atoms with Crippen molar-refractivity contribution >= 4 is 11.3 Å². The Morgan fingerprint density at radius 1 is 1.26 bits per heavy atom. The lowest BCUT2D eigenvalue weighted by atomic mass is 10.0. The van der Waals surface area contributed by atoms with Gasteiger partial charge in [0.25, 0.3) is 0 Å². The molecule has 1 N–H and O–H groups in total. The number of anilines is 1. The molecule has 0 saturated carbocycles. The van der Waals surface area contributed by atoms with Crippen LogP contribution in [0, 0.1) is 0 Å². The molecular weight excluding hydrogens is 230 g/mol. The third-order valence-corrected chi connectivity index (χ3v) is 2.95. The molecule has 1 heteroatoms. The predicted octanol–water partition coefficient (Wildman–Crippen LogP) is 5.43. The smallest absolute Gasteiger partial charge is 0.0340 e. The maximum Gasteiger partial charge on any atom is 0.0340 e. The molecule has 0 bridgehead atoms. The average molecular weight is 255 g/mol. The zero-order chi connectivity index (χ0) is 14.1. The summed E-state index contributed by atoms with van der Waals surface area (Å²) in [7, 11) is 0. The fourth-order valence-corrected chi connectivity index (χ4v) is 1.88. The van der Waals surface area contributed by atoms with Gasteiger partial charge in [-0.05, 0) is 43.5 Å². The lowest BCUT2D eigenvalue weighted by molar-refractivity contribution is 0.834. The number of hydrogen-bond acceptors (Lipinski definition) is 1. The summed E-state index contributed by atoms with van der Waals surface area (Å²) < 4.78 is 0. The Balaban J connectivity index is 2.65. The second kappa shape index (κ2) is 8.36. The van der Waals surface area contributed by atoms with Crippen LogP contribution in [0.1, 0.15) is 39.2 Å². The Morgan fingerprint density at radius 2 is 1.95 bits per heavy atom. The summed E-state index contributed by atoms with van der Waals surface area (Å²) in [6.07, 6.45) is 8.67. The van der Waals surface area contributed by atoms with E-state index in [4.69, 9.17) is 0 Å². The maximum absolute atomic E-state index is 4.12. The maximum atomic E-state index is 4.12. The molecule has 0 aliphatic rings. The highest BCUT2D eigenvalue weighted by Crippen LogP contribution is 2.18. The minimum atomic E-state index is 1.04. The molecule has 1 aromatic rings. The minimum absolute atomic E-state index is 1.04. The highest BCUT2D eigenvalue weighted by molar-refractivity contribution is 5.74. The summed E-state index contributed by atoms with van der Waals surface area (Å²) in [5.41, 5.74) is 4.62. The van der Waals surface area contributed by atoms with Crippen LogP contribution in [0.15, 0.2) is 54.6 Å². The van der Waals surface area contributed by atoms with Crippen molar-refractivity contribution in [2.45, 2.75) is 33.6 Å². The van der Waals surface area contributed by atoms with E-state index < -0.39 is 0 Å². The quantitative estimate of drug-likeness (QED) is 0.505. The van der Waals surface area contributed by atoms with Crippen molar-refractivity contribution < 1.29 is 0 Å². The Morgan fingerprint density at radius 3 is 2.53 bits per heavy atom. The van der Waals surface area contributed by atoms with Crippen LogP contribution in [0.2, 0.25) is 0 Å². The van der Waals surface area contributed by atoms with Crippen molar-refractivity contribution in [1.82, 2.24) is 0 Å². The topological polar surface area (TPSA) is 12.0 Å². The minimum Gasteiger partial charge on any atom is -0.385 e. The Kier molecular flexibility index (Phi) is 6.73. The van der Waals surface area contributed by atoms with E-state index in [1.54, 1.807) is 0 Å². The normalized spacial score (nSPS) is 11.8. The number of rotatable bonds is 7. The van der Waals surface area contributed by atoms with E-state index in [1.165, 1.54) is 29.7 Å². The first kappa shape index (κ1) is 15.3. The monoisotopic (exact) mass is 255 g/mol. The van der Waals surface area contributed by atoms with Crippen molar-refractivity contribution in [3.8, 4) is 0 Å². The molecule has 0 aromatic heterocycles. The number of nitrogens with one attached hydrogen (secondary N) is 1. The Labute approximate surface area is 117 Å². The van der Waals surface area contributed by atoms with Crippen LogP contribution >= 0.6 is 0 Å². The second-order valence-electron chi connectivity index (χ2n) is 4.77.